The predicted octanol–water partition coefficient (Wildman–Crippen LogP) is 4.44. The molecule has 0 bridgehead atoms. The third-order valence-electron chi connectivity index (χ3n) is 3.05. The third-order valence-corrected chi connectivity index (χ3v) is 3.35. The fraction of sp³-hybridized carbons (Fsp3) is 0.533. The van der Waals surface area contributed by atoms with Crippen molar-refractivity contribution in [2.24, 2.45) is 0 Å². The van der Waals surface area contributed by atoms with Crippen LogP contribution in [0.2, 0.25) is 5.02 Å². The number of carbonyl (C=O) groups is 1. The van der Waals surface area contributed by atoms with Gasteiger partial charge in [0.15, 0.2) is 0 Å². The monoisotopic (exact) mass is 343 g/mol. The van der Waals surface area contributed by atoms with Crippen LogP contribution in [-0.4, -0.2) is 29.7 Å². The highest BCUT2D eigenvalue weighted by atomic mass is 35.5. The van der Waals surface area contributed by atoms with Crippen LogP contribution in [0, 0.1) is 10.1 Å². The molecule has 0 spiro atoms. The van der Waals surface area contributed by atoms with Gasteiger partial charge in [0.05, 0.1) is 15.6 Å². The molecule has 1 aromatic rings. The van der Waals surface area contributed by atoms with Crippen molar-refractivity contribution in [2.45, 2.75) is 46.3 Å². The Morgan fingerprint density at radius 1 is 1.39 bits per heavy atom. The van der Waals surface area contributed by atoms with E-state index in [0.717, 1.165) is 0 Å². The van der Waals surface area contributed by atoms with Crippen molar-refractivity contribution in [2.75, 3.05) is 17.3 Å². The Hall–Kier alpha value is -2.02. The Morgan fingerprint density at radius 2 is 1.96 bits per heavy atom. The van der Waals surface area contributed by atoms with Crippen LogP contribution in [0.1, 0.15) is 34.6 Å². The molecular formula is C15H22ClN3O4. The number of halogens is 1. The molecule has 8 heteroatoms. The van der Waals surface area contributed by atoms with Crippen LogP contribution in [0.4, 0.5) is 21.9 Å². The highest BCUT2D eigenvalue weighted by Crippen LogP contribution is 2.36. The van der Waals surface area contributed by atoms with Gasteiger partial charge in [-0.1, -0.05) is 11.6 Å². The van der Waals surface area contributed by atoms with E-state index in [4.69, 9.17) is 16.3 Å². The second-order valence-electron chi connectivity index (χ2n) is 6.41. The second kappa shape index (κ2) is 7.04. The number of rotatable bonds is 4. The lowest BCUT2D eigenvalue weighted by molar-refractivity contribution is -0.383. The van der Waals surface area contributed by atoms with Gasteiger partial charge in [0.25, 0.3) is 5.69 Å². The predicted molar refractivity (Wildman–Crippen MR) is 91.5 cm³/mol. The zero-order valence-electron chi connectivity index (χ0n) is 14.1. The lowest BCUT2D eigenvalue weighted by atomic mass is 10.2. The van der Waals surface area contributed by atoms with E-state index < -0.39 is 16.6 Å². The van der Waals surface area contributed by atoms with Crippen LogP contribution in [0.15, 0.2) is 12.1 Å². The average Bonchev–Trinajstić information content (AvgIpc) is 2.36. The lowest BCUT2D eigenvalue weighted by Gasteiger charge is -2.25. The Balaban J connectivity index is 3.24. The number of nitrogens with one attached hydrogen (secondary N) is 1. The maximum atomic E-state index is 11.9. The quantitative estimate of drug-likeness (QED) is 0.645. The summed E-state index contributed by atoms with van der Waals surface area (Å²) in [4.78, 5) is 24.4. The van der Waals surface area contributed by atoms with Crippen molar-refractivity contribution < 1.29 is 14.5 Å². The fourth-order valence-corrected chi connectivity index (χ4v) is 2.06. The molecule has 0 aliphatic heterocycles. The van der Waals surface area contributed by atoms with Gasteiger partial charge in [-0.05, 0) is 40.7 Å². The number of anilines is 2. The molecule has 0 heterocycles. The van der Waals surface area contributed by atoms with Crippen LogP contribution >= 0.6 is 11.6 Å². The summed E-state index contributed by atoms with van der Waals surface area (Å²) in [6.07, 6.45) is -0.763. The number of nitro groups is 1. The van der Waals surface area contributed by atoms with Crippen molar-refractivity contribution >= 4 is 34.8 Å². The fourth-order valence-electron chi connectivity index (χ4n) is 1.76. The van der Waals surface area contributed by atoms with E-state index >= 15 is 0 Å². The maximum absolute atomic E-state index is 11.9. The summed E-state index contributed by atoms with van der Waals surface area (Å²) in [7, 11) is 1.81. The standard InChI is InChI=1S/C15H22ClN3O4/c1-9(2)18(6)12-8-11(13(19(21)22)7-10(12)16)17-14(20)23-15(3,4)5/h7-9H,1-6H3,(H,17,20). The summed E-state index contributed by atoms with van der Waals surface area (Å²) >= 11 is 6.14. The van der Waals surface area contributed by atoms with Crippen LogP contribution in [0.25, 0.3) is 0 Å². The Morgan fingerprint density at radius 3 is 2.39 bits per heavy atom. The minimum absolute atomic E-state index is 0.0381. The first-order valence-corrected chi connectivity index (χ1v) is 7.51. The summed E-state index contributed by atoms with van der Waals surface area (Å²) in [5.41, 5.74) is -0.376. The summed E-state index contributed by atoms with van der Waals surface area (Å²) in [5, 5.41) is 13.9. The number of nitro benzene ring substituents is 1. The van der Waals surface area contributed by atoms with Gasteiger partial charge in [-0.25, -0.2) is 4.79 Å². The van der Waals surface area contributed by atoms with Gasteiger partial charge in [-0.2, -0.15) is 0 Å². The van der Waals surface area contributed by atoms with Crippen LogP contribution in [-0.2, 0) is 4.74 Å². The molecule has 0 aliphatic rings. The first-order valence-electron chi connectivity index (χ1n) is 7.13. The Kier molecular flexibility index (Phi) is 5.82. The van der Waals surface area contributed by atoms with Crippen molar-refractivity contribution in [1.29, 1.82) is 0 Å². The number of carbonyl (C=O) groups excluding carboxylic acids is 1. The minimum Gasteiger partial charge on any atom is -0.444 e. The summed E-state index contributed by atoms with van der Waals surface area (Å²) < 4.78 is 5.14. The molecule has 0 aromatic heterocycles. The molecule has 1 aromatic carbocycles. The van der Waals surface area contributed by atoms with Gasteiger partial charge in [0, 0.05) is 19.2 Å². The summed E-state index contributed by atoms with van der Waals surface area (Å²) in [6.45, 7) is 9.04. The van der Waals surface area contributed by atoms with E-state index in [-0.39, 0.29) is 22.4 Å². The molecule has 0 radical (unpaired) electrons. The number of amides is 1. The zero-order chi connectivity index (χ0) is 17.9. The molecule has 128 valence electrons. The van der Waals surface area contributed by atoms with Crippen LogP contribution < -0.4 is 10.2 Å². The molecule has 1 N–H and O–H groups in total. The second-order valence-corrected chi connectivity index (χ2v) is 6.82. The first kappa shape index (κ1) is 19.0. The molecule has 0 saturated carbocycles. The zero-order valence-corrected chi connectivity index (χ0v) is 14.9. The van der Waals surface area contributed by atoms with Gasteiger partial charge >= 0.3 is 6.09 Å². The number of hydrogen-bond donors (Lipinski definition) is 1. The number of benzene rings is 1. The minimum atomic E-state index is -0.763. The van der Waals surface area contributed by atoms with Crippen molar-refractivity contribution in [3.8, 4) is 0 Å². The van der Waals surface area contributed by atoms with Gasteiger partial charge in [-0.3, -0.25) is 15.4 Å². The molecule has 0 aliphatic carbocycles. The van der Waals surface area contributed by atoms with E-state index in [1.54, 1.807) is 20.8 Å². The molecule has 23 heavy (non-hydrogen) atoms. The van der Waals surface area contributed by atoms with E-state index in [1.165, 1.54) is 12.1 Å². The van der Waals surface area contributed by atoms with Crippen LogP contribution in [0.5, 0.6) is 0 Å². The normalized spacial score (nSPS) is 11.3. The summed E-state index contributed by atoms with van der Waals surface area (Å²) in [5.74, 6) is 0. The Bertz CT molecular complexity index is 611. The maximum Gasteiger partial charge on any atom is 0.412 e. The van der Waals surface area contributed by atoms with Crippen molar-refractivity contribution in [3.05, 3.63) is 27.3 Å². The summed E-state index contributed by atoms with van der Waals surface area (Å²) in [6, 6.07) is 2.83. The van der Waals surface area contributed by atoms with Gasteiger partial charge in [-0.15, -0.1) is 0 Å². The molecule has 0 fully saturated rings. The lowest BCUT2D eigenvalue weighted by Crippen LogP contribution is -2.28. The SMILES string of the molecule is CC(C)N(C)c1cc(NC(=O)OC(C)(C)C)c([N+](=O)[O-])cc1Cl. The van der Waals surface area contributed by atoms with Gasteiger partial charge in [0.1, 0.15) is 11.3 Å². The molecule has 7 nitrogen and oxygen atoms in total. The highest BCUT2D eigenvalue weighted by Gasteiger charge is 2.24. The van der Waals surface area contributed by atoms with E-state index in [0.29, 0.717) is 5.69 Å². The van der Waals surface area contributed by atoms with E-state index in [9.17, 15) is 14.9 Å². The van der Waals surface area contributed by atoms with E-state index in [1.807, 2.05) is 25.8 Å². The number of nitrogens with zero attached hydrogens (tertiary/aromatic N) is 2. The number of ether oxygens (including phenoxy) is 1. The highest BCUT2D eigenvalue weighted by molar-refractivity contribution is 6.33. The molecular weight excluding hydrogens is 322 g/mol. The topological polar surface area (TPSA) is 84.7 Å². The van der Waals surface area contributed by atoms with Gasteiger partial charge in [0.2, 0.25) is 0 Å². The smallest absolute Gasteiger partial charge is 0.412 e. The van der Waals surface area contributed by atoms with Crippen molar-refractivity contribution in [1.82, 2.24) is 0 Å². The number of hydrogen-bond acceptors (Lipinski definition) is 5. The largest absolute Gasteiger partial charge is 0.444 e. The van der Waals surface area contributed by atoms with E-state index in [2.05, 4.69) is 5.32 Å². The average molecular weight is 344 g/mol. The first-order chi connectivity index (χ1) is 10.4. The van der Waals surface area contributed by atoms with Gasteiger partial charge < -0.3 is 9.64 Å². The molecule has 1 amide bonds. The third kappa shape index (κ3) is 5.28. The van der Waals surface area contributed by atoms with Crippen LogP contribution in [0.3, 0.4) is 0 Å². The molecule has 0 saturated heterocycles. The van der Waals surface area contributed by atoms with Crippen molar-refractivity contribution in [3.63, 3.8) is 0 Å². The molecule has 0 atom stereocenters. The molecule has 1 rings (SSSR count). The molecule has 0 unspecified atom stereocenters. The Labute approximate surface area is 140 Å².